The summed E-state index contributed by atoms with van der Waals surface area (Å²) in [6, 6.07) is 20.7. The molecular formula is C23H23Cl2NO3. The van der Waals surface area contributed by atoms with Crippen LogP contribution in [0.3, 0.4) is 0 Å². The third kappa shape index (κ3) is 6.79. The zero-order chi connectivity index (χ0) is 19.9. The quantitative estimate of drug-likeness (QED) is 0.484. The first-order valence-corrected chi connectivity index (χ1v) is 9.39. The highest BCUT2D eigenvalue weighted by atomic mass is 35.5. The van der Waals surface area contributed by atoms with Crippen molar-refractivity contribution in [2.24, 2.45) is 0 Å². The lowest BCUT2D eigenvalue weighted by atomic mass is 10.1. The third-order valence-corrected chi connectivity index (χ3v) is 4.62. The maximum Gasteiger partial charge on any atom is 0.335 e. The third-order valence-electron chi connectivity index (χ3n) is 4.38. The molecule has 0 bridgehead atoms. The summed E-state index contributed by atoms with van der Waals surface area (Å²) in [7, 11) is 0. The molecule has 0 unspecified atom stereocenters. The van der Waals surface area contributed by atoms with E-state index in [0.29, 0.717) is 24.7 Å². The maximum absolute atomic E-state index is 10.9. The summed E-state index contributed by atoms with van der Waals surface area (Å²) >= 11 is 6.16. The molecular weight excluding hydrogens is 409 g/mol. The van der Waals surface area contributed by atoms with Crippen LogP contribution in [-0.4, -0.2) is 11.1 Å². The molecule has 0 fully saturated rings. The molecule has 0 saturated carbocycles. The summed E-state index contributed by atoms with van der Waals surface area (Å²) in [6.07, 6.45) is 0. The first kappa shape index (κ1) is 22.8. The van der Waals surface area contributed by atoms with E-state index in [1.54, 1.807) is 12.1 Å². The summed E-state index contributed by atoms with van der Waals surface area (Å²) in [5.74, 6) is -0.132. The predicted octanol–water partition coefficient (Wildman–Crippen LogP) is 5.64. The molecule has 0 saturated heterocycles. The molecule has 0 amide bonds. The number of carboxylic acids is 1. The molecule has 2 N–H and O–H groups in total. The minimum Gasteiger partial charge on any atom is -0.489 e. The van der Waals surface area contributed by atoms with E-state index in [1.165, 1.54) is 5.56 Å². The Balaban J connectivity index is 0.00000300. The average Bonchev–Trinajstić information content (AvgIpc) is 2.69. The van der Waals surface area contributed by atoms with Gasteiger partial charge in [0.05, 0.1) is 5.56 Å². The van der Waals surface area contributed by atoms with Gasteiger partial charge in [-0.05, 0) is 48.4 Å². The Bertz CT molecular complexity index is 941. The molecule has 0 aromatic heterocycles. The topological polar surface area (TPSA) is 58.6 Å². The van der Waals surface area contributed by atoms with E-state index < -0.39 is 5.97 Å². The zero-order valence-electron chi connectivity index (χ0n) is 16.0. The van der Waals surface area contributed by atoms with Crippen LogP contribution in [-0.2, 0) is 19.7 Å². The molecule has 0 spiro atoms. The molecule has 0 atom stereocenters. The molecule has 0 radical (unpaired) electrons. The fourth-order valence-corrected chi connectivity index (χ4v) is 2.97. The summed E-state index contributed by atoms with van der Waals surface area (Å²) in [4.78, 5) is 10.9. The Morgan fingerprint density at radius 3 is 2.28 bits per heavy atom. The molecule has 3 rings (SSSR count). The highest BCUT2D eigenvalue weighted by Gasteiger charge is 2.07. The second-order valence-corrected chi connectivity index (χ2v) is 7.07. The van der Waals surface area contributed by atoms with Crippen LogP contribution in [0.4, 0.5) is 0 Å². The van der Waals surface area contributed by atoms with Gasteiger partial charge < -0.3 is 15.2 Å². The van der Waals surface area contributed by atoms with Crippen LogP contribution >= 0.6 is 24.0 Å². The van der Waals surface area contributed by atoms with Crippen LogP contribution in [0, 0.1) is 6.92 Å². The van der Waals surface area contributed by atoms with Gasteiger partial charge in [0, 0.05) is 23.7 Å². The first-order chi connectivity index (χ1) is 13.5. The SMILES string of the molecule is Cc1ccc(COc2ccc(Cl)cc2CNCc2ccc(C(=O)O)cc2)cc1.Cl. The summed E-state index contributed by atoms with van der Waals surface area (Å²) in [5.41, 5.74) is 4.59. The van der Waals surface area contributed by atoms with Crippen LogP contribution in [0.15, 0.2) is 66.7 Å². The van der Waals surface area contributed by atoms with Crippen molar-refractivity contribution in [2.75, 3.05) is 0 Å². The number of aryl methyl sites for hydroxylation is 1. The lowest BCUT2D eigenvalue weighted by Crippen LogP contribution is -2.14. The van der Waals surface area contributed by atoms with E-state index in [2.05, 4.69) is 36.5 Å². The minimum absolute atomic E-state index is 0. The van der Waals surface area contributed by atoms with Crippen molar-refractivity contribution in [3.05, 3.63) is 99.6 Å². The van der Waals surface area contributed by atoms with Crippen molar-refractivity contribution in [3.8, 4) is 5.75 Å². The van der Waals surface area contributed by atoms with E-state index in [0.717, 1.165) is 22.4 Å². The Kier molecular flexibility index (Phi) is 8.52. The highest BCUT2D eigenvalue weighted by molar-refractivity contribution is 6.30. The van der Waals surface area contributed by atoms with Gasteiger partial charge in [0.2, 0.25) is 0 Å². The van der Waals surface area contributed by atoms with Gasteiger partial charge >= 0.3 is 5.97 Å². The number of hydrogen-bond acceptors (Lipinski definition) is 3. The Hall–Kier alpha value is -2.53. The molecule has 0 aliphatic rings. The standard InChI is InChI=1S/C23H22ClNO3.ClH/c1-16-2-4-18(5-3-16)15-28-22-11-10-21(24)12-20(22)14-25-13-17-6-8-19(9-7-17)23(26)27;/h2-12,25H,13-15H2,1H3,(H,26,27);1H. The highest BCUT2D eigenvalue weighted by Crippen LogP contribution is 2.24. The second-order valence-electron chi connectivity index (χ2n) is 6.63. The van der Waals surface area contributed by atoms with Crippen molar-refractivity contribution in [1.82, 2.24) is 5.32 Å². The normalized spacial score (nSPS) is 10.3. The van der Waals surface area contributed by atoms with Crippen LogP contribution in [0.5, 0.6) is 5.75 Å². The van der Waals surface area contributed by atoms with Crippen LogP contribution < -0.4 is 10.1 Å². The van der Waals surface area contributed by atoms with Gasteiger partial charge in [0.1, 0.15) is 12.4 Å². The van der Waals surface area contributed by atoms with Crippen molar-refractivity contribution in [1.29, 1.82) is 0 Å². The summed E-state index contributed by atoms with van der Waals surface area (Å²) < 4.78 is 6.00. The van der Waals surface area contributed by atoms with E-state index in [-0.39, 0.29) is 18.0 Å². The van der Waals surface area contributed by atoms with Crippen molar-refractivity contribution in [3.63, 3.8) is 0 Å². The maximum atomic E-state index is 10.9. The van der Waals surface area contributed by atoms with E-state index in [1.807, 2.05) is 30.3 Å². The smallest absolute Gasteiger partial charge is 0.335 e. The van der Waals surface area contributed by atoms with Crippen molar-refractivity contribution < 1.29 is 14.6 Å². The Morgan fingerprint density at radius 1 is 0.966 bits per heavy atom. The van der Waals surface area contributed by atoms with Gasteiger partial charge in [-0.25, -0.2) is 4.79 Å². The number of rotatable bonds is 8. The van der Waals surface area contributed by atoms with Crippen LogP contribution in [0.25, 0.3) is 0 Å². The lowest BCUT2D eigenvalue weighted by Gasteiger charge is -2.13. The molecule has 0 heterocycles. The Morgan fingerprint density at radius 2 is 1.62 bits per heavy atom. The predicted molar refractivity (Wildman–Crippen MR) is 118 cm³/mol. The zero-order valence-corrected chi connectivity index (χ0v) is 17.6. The van der Waals surface area contributed by atoms with Crippen LogP contribution in [0.1, 0.15) is 32.6 Å². The molecule has 0 aliphatic carbocycles. The molecule has 152 valence electrons. The number of ether oxygens (including phenoxy) is 1. The van der Waals surface area contributed by atoms with Crippen LogP contribution in [0.2, 0.25) is 5.02 Å². The molecule has 0 aliphatic heterocycles. The van der Waals surface area contributed by atoms with Gasteiger partial charge in [0.25, 0.3) is 0 Å². The van der Waals surface area contributed by atoms with Gasteiger partial charge in [-0.2, -0.15) is 0 Å². The number of halogens is 2. The molecule has 4 nitrogen and oxygen atoms in total. The van der Waals surface area contributed by atoms with E-state index in [9.17, 15) is 4.79 Å². The summed E-state index contributed by atoms with van der Waals surface area (Å²) in [6.45, 7) is 3.75. The van der Waals surface area contributed by atoms with E-state index >= 15 is 0 Å². The van der Waals surface area contributed by atoms with Crippen molar-refractivity contribution in [2.45, 2.75) is 26.6 Å². The first-order valence-electron chi connectivity index (χ1n) is 9.01. The van der Waals surface area contributed by atoms with Gasteiger partial charge in [-0.15, -0.1) is 12.4 Å². The van der Waals surface area contributed by atoms with E-state index in [4.69, 9.17) is 21.4 Å². The second kappa shape index (κ2) is 10.9. The number of aromatic carboxylic acids is 1. The number of nitrogens with one attached hydrogen (secondary N) is 1. The van der Waals surface area contributed by atoms with Gasteiger partial charge in [-0.1, -0.05) is 53.6 Å². The average molecular weight is 432 g/mol. The summed E-state index contributed by atoms with van der Waals surface area (Å²) in [5, 5.41) is 13.0. The molecule has 29 heavy (non-hydrogen) atoms. The lowest BCUT2D eigenvalue weighted by molar-refractivity contribution is 0.0697. The number of carboxylic acid groups (broad SMARTS) is 1. The fourth-order valence-electron chi connectivity index (χ4n) is 2.78. The fraction of sp³-hybridized carbons (Fsp3) is 0.174. The largest absolute Gasteiger partial charge is 0.489 e. The number of hydrogen-bond donors (Lipinski definition) is 2. The van der Waals surface area contributed by atoms with Gasteiger partial charge in [0.15, 0.2) is 0 Å². The molecule has 6 heteroatoms. The number of carbonyl (C=O) groups is 1. The molecule has 3 aromatic rings. The molecule has 3 aromatic carbocycles. The minimum atomic E-state index is -0.922. The van der Waals surface area contributed by atoms with Gasteiger partial charge in [-0.3, -0.25) is 0 Å². The Labute approximate surface area is 181 Å². The monoisotopic (exact) mass is 431 g/mol. The van der Waals surface area contributed by atoms with Crippen molar-refractivity contribution >= 4 is 30.0 Å². The number of benzene rings is 3.